The molecule has 2 aromatic rings. The molecule has 0 unspecified atom stereocenters. The zero-order chi connectivity index (χ0) is 18.1. The van der Waals surface area contributed by atoms with E-state index in [2.05, 4.69) is 0 Å². The van der Waals surface area contributed by atoms with E-state index in [0.29, 0.717) is 22.7 Å². The summed E-state index contributed by atoms with van der Waals surface area (Å²) in [4.78, 5) is 28.5. The Morgan fingerprint density at radius 1 is 1.20 bits per heavy atom. The van der Waals surface area contributed by atoms with E-state index < -0.39 is 0 Å². The molecular weight excluding hydrogens is 343 g/mol. The SMILES string of the molecule is Cc1cc(F)ccc1C(=O)N1CC(=O)N(c2ccc(Cl)cc2)C[C@H]1C. The van der Waals surface area contributed by atoms with Crippen molar-refractivity contribution in [3.8, 4) is 0 Å². The number of carbonyl (C=O) groups excluding carboxylic acids is 2. The Balaban J connectivity index is 1.81. The van der Waals surface area contributed by atoms with Crippen molar-refractivity contribution in [1.29, 1.82) is 0 Å². The second kappa shape index (κ2) is 6.84. The number of benzene rings is 2. The zero-order valence-corrected chi connectivity index (χ0v) is 14.8. The quantitative estimate of drug-likeness (QED) is 0.820. The minimum Gasteiger partial charge on any atom is -0.325 e. The molecule has 2 aromatic carbocycles. The highest BCUT2D eigenvalue weighted by atomic mass is 35.5. The van der Waals surface area contributed by atoms with Gasteiger partial charge in [0.2, 0.25) is 5.91 Å². The van der Waals surface area contributed by atoms with Gasteiger partial charge < -0.3 is 9.80 Å². The molecule has 0 radical (unpaired) electrons. The van der Waals surface area contributed by atoms with Crippen molar-refractivity contribution in [3.05, 3.63) is 64.4 Å². The average molecular weight is 361 g/mol. The molecule has 0 saturated carbocycles. The summed E-state index contributed by atoms with van der Waals surface area (Å²) in [5.41, 5.74) is 1.73. The molecule has 1 atom stereocenters. The normalized spacial score (nSPS) is 17.8. The summed E-state index contributed by atoms with van der Waals surface area (Å²) >= 11 is 5.89. The van der Waals surface area contributed by atoms with E-state index in [-0.39, 0.29) is 30.2 Å². The van der Waals surface area contributed by atoms with Gasteiger partial charge in [-0.3, -0.25) is 9.59 Å². The molecule has 1 fully saturated rings. The first-order valence-electron chi connectivity index (χ1n) is 8.00. The van der Waals surface area contributed by atoms with Gasteiger partial charge in [0, 0.05) is 28.9 Å². The van der Waals surface area contributed by atoms with Crippen molar-refractivity contribution in [3.63, 3.8) is 0 Å². The number of nitrogens with zero attached hydrogens (tertiary/aromatic N) is 2. The summed E-state index contributed by atoms with van der Waals surface area (Å²) in [6, 6.07) is 10.9. The van der Waals surface area contributed by atoms with E-state index in [9.17, 15) is 14.0 Å². The molecule has 0 spiro atoms. The maximum atomic E-state index is 13.3. The van der Waals surface area contributed by atoms with Gasteiger partial charge in [0.25, 0.3) is 5.91 Å². The zero-order valence-electron chi connectivity index (χ0n) is 14.0. The standard InChI is InChI=1S/C19H18ClFN2O2/c1-12-9-15(21)5-8-17(12)19(25)22-11-18(24)23(10-13(22)2)16-6-3-14(20)4-7-16/h3-9,13H,10-11H2,1-2H3/t13-/m1/s1. The van der Waals surface area contributed by atoms with Crippen LogP contribution in [-0.4, -0.2) is 35.8 Å². The summed E-state index contributed by atoms with van der Waals surface area (Å²) in [7, 11) is 0. The number of rotatable bonds is 2. The summed E-state index contributed by atoms with van der Waals surface area (Å²) < 4.78 is 13.3. The minimum absolute atomic E-state index is 0.0144. The smallest absolute Gasteiger partial charge is 0.254 e. The molecule has 1 saturated heterocycles. The first kappa shape index (κ1) is 17.4. The molecule has 2 amide bonds. The van der Waals surface area contributed by atoms with Crippen molar-refractivity contribution < 1.29 is 14.0 Å². The third kappa shape index (κ3) is 3.51. The number of piperazine rings is 1. The average Bonchev–Trinajstić information content (AvgIpc) is 2.57. The van der Waals surface area contributed by atoms with E-state index in [1.807, 2.05) is 6.92 Å². The second-order valence-electron chi connectivity index (χ2n) is 6.22. The largest absolute Gasteiger partial charge is 0.325 e. The number of amides is 2. The summed E-state index contributed by atoms with van der Waals surface area (Å²) in [6.07, 6.45) is 0. The van der Waals surface area contributed by atoms with Gasteiger partial charge >= 0.3 is 0 Å². The first-order chi connectivity index (χ1) is 11.9. The number of anilines is 1. The Kier molecular flexibility index (Phi) is 4.77. The number of hydrogen-bond donors (Lipinski definition) is 0. The Bertz CT molecular complexity index is 823. The molecule has 0 aromatic heterocycles. The molecule has 130 valence electrons. The number of halogens is 2. The lowest BCUT2D eigenvalue weighted by molar-refractivity contribution is -0.121. The molecule has 1 aliphatic rings. The fourth-order valence-corrected chi connectivity index (χ4v) is 3.14. The van der Waals surface area contributed by atoms with E-state index >= 15 is 0 Å². The van der Waals surface area contributed by atoms with Crippen LogP contribution in [-0.2, 0) is 4.79 Å². The van der Waals surface area contributed by atoms with Crippen molar-refractivity contribution >= 4 is 29.1 Å². The molecule has 25 heavy (non-hydrogen) atoms. The van der Waals surface area contributed by atoms with Crippen LogP contribution < -0.4 is 4.90 Å². The van der Waals surface area contributed by atoms with Crippen LogP contribution in [0.3, 0.4) is 0 Å². The Hall–Kier alpha value is -2.40. The van der Waals surface area contributed by atoms with Crippen molar-refractivity contribution in [2.75, 3.05) is 18.0 Å². The van der Waals surface area contributed by atoms with E-state index in [0.717, 1.165) is 5.69 Å². The predicted molar refractivity (Wildman–Crippen MR) is 95.4 cm³/mol. The molecule has 6 heteroatoms. The lowest BCUT2D eigenvalue weighted by Gasteiger charge is -2.39. The van der Waals surface area contributed by atoms with Gasteiger partial charge in [-0.15, -0.1) is 0 Å². The maximum Gasteiger partial charge on any atom is 0.254 e. The van der Waals surface area contributed by atoms with Crippen molar-refractivity contribution in [1.82, 2.24) is 4.90 Å². The van der Waals surface area contributed by atoms with Gasteiger partial charge in [-0.1, -0.05) is 11.6 Å². The van der Waals surface area contributed by atoms with Crippen LogP contribution in [0, 0.1) is 12.7 Å². The molecule has 1 heterocycles. The van der Waals surface area contributed by atoms with Gasteiger partial charge in [0.1, 0.15) is 12.4 Å². The van der Waals surface area contributed by atoms with Crippen LogP contribution in [0.4, 0.5) is 10.1 Å². The summed E-state index contributed by atoms with van der Waals surface area (Å²) in [6.45, 7) is 3.96. The molecule has 4 nitrogen and oxygen atoms in total. The van der Waals surface area contributed by atoms with Crippen LogP contribution in [0.25, 0.3) is 0 Å². The topological polar surface area (TPSA) is 40.6 Å². The lowest BCUT2D eigenvalue weighted by atomic mass is 10.0. The van der Waals surface area contributed by atoms with E-state index in [1.165, 1.54) is 23.1 Å². The predicted octanol–water partition coefficient (Wildman–Crippen LogP) is 3.67. The van der Waals surface area contributed by atoms with E-state index in [4.69, 9.17) is 11.6 Å². The van der Waals surface area contributed by atoms with Crippen LogP contribution in [0.5, 0.6) is 0 Å². The monoisotopic (exact) mass is 360 g/mol. The van der Waals surface area contributed by atoms with Gasteiger partial charge in [-0.25, -0.2) is 4.39 Å². The van der Waals surface area contributed by atoms with Crippen LogP contribution in [0.15, 0.2) is 42.5 Å². The minimum atomic E-state index is -0.384. The van der Waals surface area contributed by atoms with Gasteiger partial charge in [-0.05, 0) is 61.9 Å². The summed E-state index contributed by atoms with van der Waals surface area (Å²) in [5.74, 6) is -0.798. The number of aryl methyl sites for hydroxylation is 1. The van der Waals surface area contributed by atoms with Crippen LogP contribution >= 0.6 is 11.6 Å². The second-order valence-corrected chi connectivity index (χ2v) is 6.66. The van der Waals surface area contributed by atoms with Crippen LogP contribution in [0.2, 0.25) is 5.02 Å². The highest BCUT2D eigenvalue weighted by molar-refractivity contribution is 6.30. The molecule has 0 N–H and O–H groups in total. The fourth-order valence-electron chi connectivity index (χ4n) is 3.02. The van der Waals surface area contributed by atoms with Crippen LogP contribution in [0.1, 0.15) is 22.8 Å². The highest BCUT2D eigenvalue weighted by Gasteiger charge is 2.34. The van der Waals surface area contributed by atoms with Crippen molar-refractivity contribution in [2.24, 2.45) is 0 Å². The Labute approximate surface area is 150 Å². The van der Waals surface area contributed by atoms with Crippen molar-refractivity contribution in [2.45, 2.75) is 19.9 Å². The van der Waals surface area contributed by atoms with Gasteiger partial charge in [-0.2, -0.15) is 0 Å². The van der Waals surface area contributed by atoms with Gasteiger partial charge in [0.15, 0.2) is 0 Å². The third-order valence-corrected chi connectivity index (χ3v) is 4.66. The third-order valence-electron chi connectivity index (χ3n) is 4.40. The molecule has 3 rings (SSSR count). The van der Waals surface area contributed by atoms with E-state index in [1.54, 1.807) is 36.1 Å². The highest BCUT2D eigenvalue weighted by Crippen LogP contribution is 2.24. The molecule has 0 aliphatic carbocycles. The molecular formula is C19H18ClFN2O2. The Morgan fingerprint density at radius 2 is 1.88 bits per heavy atom. The molecule has 1 aliphatic heterocycles. The Morgan fingerprint density at radius 3 is 2.52 bits per heavy atom. The first-order valence-corrected chi connectivity index (χ1v) is 8.37. The lowest BCUT2D eigenvalue weighted by Crippen LogP contribution is -2.57. The maximum absolute atomic E-state index is 13.3. The fraction of sp³-hybridized carbons (Fsp3) is 0.263. The van der Waals surface area contributed by atoms with Gasteiger partial charge in [0.05, 0.1) is 0 Å². The number of carbonyl (C=O) groups is 2. The number of hydrogen-bond acceptors (Lipinski definition) is 2. The molecule has 0 bridgehead atoms. The summed E-state index contributed by atoms with van der Waals surface area (Å²) in [5, 5.41) is 0.602.